The van der Waals surface area contributed by atoms with E-state index in [1.165, 1.54) is 12.2 Å². The highest BCUT2D eigenvalue weighted by Crippen LogP contribution is 2.21. The first kappa shape index (κ1) is 12.4. The summed E-state index contributed by atoms with van der Waals surface area (Å²) < 4.78 is 0. The minimum absolute atomic E-state index is 0.0869. The van der Waals surface area contributed by atoms with Crippen molar-refractivity contribution in [1.29, 1.82) is 0 Å². The molecule has 0 saturated carbocycles. The van der Waals surface area contributed by atoms with Gasteiger partial charge in [0, 0.05) is 19.3 Å². The molecular weight excluding hydrogens is 206 g/mol. The summed E-state index contributed by atoms with van der Waals surface area (Å²) in [5, 5.41) is 0. The third-order valence-electron chi connectivity index (χ3n) is 2.52. The molecule has 1 aliphatic rings. The fraction of sp³-hybridized carbons (Fsp3) is 0.417. The maximum Gasteiger partial charge on any atom is 0.233 e. The molecule has 0 spiro atoms. The van der Waals surface area contributed by atoms with Gasteiger partial charge in [0.25, 0.3) is 0 Å². The lowest BCUT2D eigenvalue weighted by Gasteiger charge is -2.20. The van der Waals surface area contributed by atoms with Crippen molar-refractivity contribution in [2.75, 3.05) is 0 Å². The number of imide groups is 1. The van der Waals surface area contributed by atoms with Crippen molar-refractivity contribution in [2.24, 2.45) is 0 Å². The average molecular weight is 221 g/mol. The molecule has 16 heavy (non-hydrogen) atoms. The van der Waals surface area contributed by atoms with E-state index in [0.29, 0.717) is 6.42 Å². The predicted octanol–water partition coefficient (Wildman–Crippen LogP) is 1.23. The van der Waals surface area contributed by atoms with Gasteiger partial charge in [0.05, 0.1) is 6.04 Å². The van der Waals surface area contributed by atoms with Crippen LogP contribution in [-0.2, 0) is 14.4 Å². The maximum atomic E-state index is 11.7. The van der Waals surface area contributed by atoms with Crippen molar-refractivity contribution in [3.05, 3.63) is 25.3 Å². The van der Waals surface area contributed by atoms with Gasteiger partial charge in [0.1, 0.15) is 0 Å². The summed E-state index contributed by atoms with van der Waals surface area (Å²) in [4.78, 5) is 35.9. The number of ketones is 1. The van der Waals surface area contributed by atoms with E-state index < -0.39 is 6.04 Å². The van der Waals surface area contributed by atoms with E-state index >= 15 is 0 Å². The van der Waals surface area contributed by atoms with E-state index in [4.69, 9.17) is 0 Å². The summed E-state index contributed by atoms with van der Waals surface area (Å²) in [5.41, 5.74) is 0. The molecule has 1 fully saturated rings. The molecule has 0 N–H and O–H groups in total. The topological polar surface area (TPSA) is 54.5 Å². The number of carbonyl (C=O) groups is 3. The van der Waals surface area contributed by atoms with E-state index in [-0.39, 0.29) is 36.9 Å². The SMILES string of the molecule is C=CCC(=O)C1CCC(=O)N1C(=O)CC=C. The molecule has 1 unspecified atom stereocenters. The zero-order valence-corrected chi connectivity index (χ0v) is 9.15. The molecule has 0 aromatic heterocycles. The Bertz CT molecular complexity index is 346. The minimum atomic E-state index is -0.599. The second-order valence-corrected chi connectivity index (χ2v) is 3.66. The molecule has 0 aliphatic carbocycles. The van der Waals surface area contributed by atoms with Crippen LogP contribution >= 0.6 is 0 Å². The van der Waals surface area contributed by atoms with Gasteiger partial charge in [-0.15, -0.1) is 13.2 Å². The van der Waals surface area contributed by atoms with Gasteiger partial charge in [0.15, 0.2) is 5.78 Å². The van der Waals surface area contributed by atoms with Crippen LogP contribution < -0.4 is 0 Å². The maximum absolute atomic E-state index is 11.7. The fourth-order valence-corrected chi connectivity index (χ4v) is 1.80. The summed E-state index contributed by atoms with van der Waals surface area (Å²) in [6.45, 7) is 6.92. The molecule has 1 atom stereocenters. The quantitative estimate of drug-likeness (QED) is 0.656. The van der Waals surface area contributed by atoms with Crippen LogP contribution in [0.2, 0.25) is 0 Å². The van der Waals surface area contributed by atoms with Crippen molar-refractivity contribution >= 4 is 17.6 Å². The molecule has 1 aliphatic heterocycles. The number of hydrogen-bond acceptors (Lipinski definition) is 3. The Morgan fingerprint density at radius 1 is 1.31 bits per heavy atom. The van der Waals surface area contributed by atoms with Gasteiger partial charge in [-0.2, -0.15) is 0 Å². The van der Waals surface area contributed by atoms with Crippen LogP contribution in [0.15, 0.2) is 25.3 Å². The van der Waals surface area contributed by atoms with Crippen molar-refractivity contribution in [1.82, 2.24) is 4.90 Å². The van der Waals surface area contributed by atoms with Crippen LogP contribution in [0, 0.1) is 0 Å². The molecular formula is C12H15NO3. The molecule has 0 aromatic rings. The smallest absolute Gasteiger partial charge is 0.233 e. The number of likely N-dealkylation sites (tertiary alicyclic amines) is 1. The van der Waals surface area contributed by atoms with Crippen LogP contribution in [-0.4, -0.2) is 28.5 Å². The first-order chi connectivity index (χ1) is 7.61. The van der Waals surface area contributed by atoms with Crippen LogP contribution in [0.1, 0.15) is 25.7 Å². The van der Waals surface area contributed by atoms with Gasteiger partial charge < -0.3 is 0 Å². The summed E-state index contributed by atoms with van der Waals surface area (Å²) in [7, 11) is 0. The average Bonchev–Trinajstić information content (AvgIpc) is 2.61. The monoisotopic (exact) mass is 221 g/mol. The third kappa shape index (κ3) is 2.45. The number of carbonyl (C=O) groups excluding carboxylic acids is 3. The molecule has 4 nitrogen and oxygen atoms in total. The van der Waals surface area contributed by atoms with Gasteiger partial charge >= 0.3 is 0 Å². The predicted molar refractivity (Wildman–Crippen MR) is 59.5 cm³/mol. The summed E-state index contributed by atoms with van der Waals surface area (Å²) >= 11 is 0. The first-order valence-corrected chi connectivity index (χ1v) is 5.21. The third-order valence-corrected chi connectivity index (χ3v) is 2.52. The highest BCUT2D eigenvalue weighted by Gasteiger charge is 2.38. The molecule has 1 rings (SSSR count). The second-order valence-electron chi connectivity index (χ2n) is 3.66. The second kappa shape index (κ2) is 5.39. The van der Waals surface area contributed by atoms with Gasteiger partial charge in [-0.1, -0.05) is 12.2 Å². The fourth-order valence-electron chi connectivity index (χ4n) is 1.80. The van der Waals surface area contributed by atoms with E-state index in [2.05, 4.69) is 13.2 Å². The minimum Gasteiger partial charge on any atom is -0.297 e. The van der Waals surface area contributed by atoms with Crippen LogP contribution in [0.25, 0.3) is 0 Å². The first-order valence-electron chi connectivity index (χ1n) is 5.21. The highest BCUT2D eigenvalue weighted by molar-refractivity contribution is 6.03. The van der Waals surface area contributed by atoms with Crippen LogP contribution in [0.3, 0.4) is 0 Å². The summed E-state index contributed by atoms with van der Waals surface area (Å²) in [6.07, 6.45) is 3.88. The van der Waals surface area contributed by atoms with Gasteiger partial charge in [-0.05, 0) is 6.42 Å². The zero-order valence-electron chi connectivity index (χ0n) is 9.15. The molecule has 0 bridgehead atoms. The van der Waals surface area contributed by atoms with Crippen molar-refractivity contribution in [3.8, 4) is 0 Å². The zero-order chi connectivity index (χ0) is 12.1. The van der Waals surface area contributed by atoms with E-state index in [9.17, 15) is 14.4 Å². The lowest BCUT2D eigenvalue weighted by molar-refractivity contribution is -0.146. The Kier molecular flexibility index (Phi) is 4.17. The number of nitrogens with zero attached hydrogens (tertiary/aromatic N) is 1. The molecule has 0 radical (unpaired) electrons. The van der Waals surface area contributed by atoms with Crippen LogP contribution in [0.5, 0.6) is 0 Å². The Hall–Kier alpha value is -1.71. The summed E-state index contributed by atoms with van der Waals surface area (Å²) in [6, 6.07) is -0.599. The largest absolute Gasteiger partial charge is 0.297 e. The number of allylic oxidation sites excluding steroid dienone is 1. The van der Waals surface area contributed by atoms with E-state index in [0.717, 1.165) is 4.90 Å². The van der Waals surface area contributed by atoms with Crippen molar-refractivity contribution in [2.45, 2.75) is 31.7 Å². The van der Waals surface area contributed by atoms with Crippen molar-refractivity contribution < 1.29 is 14.4 Å². The molecule has 1 saturated heterocycles. The Morgan fingerprint density at radius 3 is 2.50 bits per heavy atom. The molecule has 2 amide bonds. The van der Waals surface area contributed by atoms with Crippen LogP contribution in [0.4, 0.5) is 0 Å². The van der Waals surface area contributed by atoms with Gasteiger partial charge in [-0.25, -0.2) is 0 Å². The Morgan fingerprint density at radius 2 is 1.94 bits per heavy atom. The standard InChI is InChI=1S/C12H15NO3/c1-3-5-10(14)9-7-8-12(16)13(9)11(15)6-4-2/h3-4,9H,1-2,5-8H2. The van der Waals surface area contributed by atoms with Crippen molar-refractivity contribution in [3.63, 3.8) is 0 Å². The number of Topliss-reactive ketones (excluding diaryl/α,β-unsaturated/α-hetero) is 1. The normalized spacial score (nSPS) is 19.6. The Balaban J connectivity index is 2.80. The van der Waals surface area contributed by atoms with E-state index in [1.54, 1.807) is 0 Å². The summed E-state index contributed by atoms with van der Waals surface area (Å²) in [5.74, 6) is -0.743. The molecule has 0 aromatic carbocycles. The number of hydrogen-bond donors (Lipinski definition) is 0. The van der Waals surface area contributed by atoms with Gasteiger partial charge in [-0.3, -0.25) is 19.3 Å². The number of amides is 2. The highest BCUT2D eigenvalue weighted by atomic mass is 16.2. The molecule has 1 heterocycles. The lowest BCUT2D eigenvalue weighted by atomic mass is 10.1. The van der Waals surface area contributed by atoms with Gasteiger partial charge in [0.2, 0.25) is 11.8 Å². The van der Waals surface area contributed by atoms with E-state index in [1.807, 2.05) is 0 Å². The Labute approximate surface area is 94.6 Å². The lowest BCUT2D eigenvalue weighted by Crippen LogP contribution is -2.42. The molecule has 86 valence electrons. The molecule has 4 heteroatoms. The number of rotatable bonds is 5.